The van der Waals surface area contributed by atoms with Gasteiger partial charge in [0, 0.05) is 38.7 Å². The van der Waals surface area contributed by atoms with Crippen LogP contribution in [0, 0.1) is 23.3 Å². The Hall–Kier alpha value is -2.09. The van der Waals surface area contributed by atoms with Crippen molar-refractivity contribution in [2.45, 2.75) is 13.0 Å². The molecule has 0 saturated heterocycles. The standard InChI is InChI=1S/C13H13F4N3O/c1-21-6-2-4-20-5-3-18-13(20)19-12-10(16)8(14)7-9(15)11(12)17/h3,5,7H,2,4,6H2,1H3,(H,18,19). The van der Waals surface area contributed by atoms with Crippen LogP contribution in [-0.2, 0) is 11.3 Å². The van der Waals surface area contributed by atoms with Crippen LogP contribution in [0.15, 0.2) is 18.5 Å². The lowest BCUT2D eigenvalue weighted by molar-refractivity contribution is 0.190. The largest absolute Gasteiger partial charge is 0.385 e. The van der Waals surface area contributed by atoms with Crippen molar-refractivity contribution in [3.05, 3.63) is 41.7 Å². The van der Waals surface area contributed by atoms with Gasteiger partial charge in [0.05, 0.1) is 0 Å². The molecular formula is C13H13F4N3O. The second-order valence-electron chi connectivity index (χ2n) is 4.26. The normalized spacial score (nSPS) is 10.9. The highest BCUT2D eigenvalue weighted by atomic mass is 19.2. The Morgan fingerprint density at radius 1 is 1.19 bits per heavy atom. The highest BCUT2D eigenvalue weighted by molar-refractivity contribution is 5.56. The lowest BCUT2D eigenvalue weighted by atomic mass is 10.2. The number of nitrogens with one attached hydrogen (secondary N) is 1. The summed E-state index contributed by atoms with van der Waals surface area (Å²) in [6, 6.07) is 0.154. The van der Waals surface area contributed by atoms with Gasteiger partial charge in [0.2, 0.25) is 5.95 Å². The highest BCUT2D eigenvalue weighted by Gasteiger charge is 2.20. The van der Waals surface area contributed by atoms with Gasteiger partial charge in [0.25, 0.3) is 0 Å². The fourth-order valence-corrected chi connectivity index (χ4v) is 1.79. The molecule has 4 nitrogen and oxygen atoms in total. The molecule has 0 aliphatic rings. The van der Waals surface area contributed by atoms with Crippen molar-refractivity contribution < 1.29 is 22.3 Å². The number of aromatic nitrogens is 2. The summed E-state index contributed by atoms with van der Waals surface area (Å²) in [4.78, 5) is 3.86. The lowest BCUT2D eigenvalue weighted by Gasteiger charge is -2.11. The number of aryl methyl sites for hydroxylation is 1. The minimum absolute atomic E-state index is 0.0777. The van der Waals surface area contributed by atoms with Gasteiger partial charge in [-0.3, -0.25) is 0 Å². The summed E-state index contributed by atoms with van der Waals surface area (Å²) < 4.78 is 59.9. The first kappa shape index (κ1) is 15.3. The molecule has 114 valence electrons. The predicted octanol–water partition coefficient (Wildman–Crippen LogP) is 3.22. The number of hydrogen-bond acceptors (Lipinski definition) is 3. The van der Waals surface area contributed by atoms with E-state index in [1.54, 1.807) is 17.9 Å². The number of nitrogens with zero attached hydrogens (tertiary/aromatic N) is 2. The van der Waals surface area contributed by atoms with Crippen molar-refractivity contribution in [1.82, 2.24) is 9.55 Å². The zero-order chi connectivity index (χ0) is 15.4. The molecule has 0 fully saturated rings. The van der Waals surface area contributed by atoms with Crippen LogP contribution in [0.2, 0.25) is 0 Å². The van der Waals surface area contributed by atoms with E-state index in [1.807, 2.05) is 0 Å². The summed E-state index contributed by atoms with van der Waals surface area (Å²) in [6.07, 6.45) is 3.62. The SMILES string of the molecule is COCCCn1ccnc1Nc1c(F)c(F)cc(F)c1F. The number of imidazole rings is 1. The molecule has 2 rings (SSSR count). The fraction of sp³-hybridized carbons (Fsp3) is 0.308. The van der Waals surface area contributed by atoms with E-state index in [0.717, 1.165) is 0 Å². The number of hydrogen-bond donors (Lipinski definition) is 1. The van der Waals surface area contributed by atoms with Gasteiger partial charge in [0.15, 0.2) is 23.3 Å². The minimum Gasteiger partial charge on any atom is -0.385 e. The molecule has 2 aromatic rings. The van der Waals surface area contributed by atoms with Crippen LogP contribution in [0.1, 0.15) is 6.42 Å². The summed E-state index contributed by atoms with van der Waals surface area (Å²) in [5, 5.41) is 2.28. The third-order valence-corrected chi connectivity index (χ3v) is 2.81. The van der Waals surface area contributed by atoms with Crippen molar-refractivity contribution in [3.8, 4) is 0 Å². The van der Waals surface area contributed by atoms with Gasteiger partial charge >= 0.3 is 0 Å². The first-order valence-electron chi connectivity index (χ1n) is 6.14. The van der Waals surface area contributed by atoms with Crippen LogP contribution in [0.25, 0.3) is 0 Å². The third-order valence-electron chi connectivity index (χ3n) is 2.81. The highest BCUT2D eigenvalue weighted by Crippen LogP contribution is 2.26. The van der Waals surface area contributed by atoms with Crippen LogP contribution >= 0.6 is 0 Å². The van der Waals surface area contributed by atoms with Crippen LogP contribution < -0.4 is 5.32 Å². The first-order chi connectivity index (χ1) is 10.0. The zero-order valence-corrected chi connectivity index (χ0v) is 11.2. The fourth-order valence-electron chi connectivity index (χ4n) is 1.79. The number of methoxy groups -OCH3 is 1. The number of anilines is 2. The number of benzene rings is 1. The van der Waals surface area contributed by atoms with E-state index in [0.29, 0.717) is 19.6 Å². The summed E-state index contributed by atoms with van der Waals surface area (Å²) in [7, 11) is 1.55. The smallest absolute Gasteiger partial charge is 0.207 e. The van der Waals surface area contributed by atoms with E-state index in [9.17, 15) is 17.6 Å². The van der Waals surface area contributed by atoms with E-state index >= 15 is 0 Å². The average Bonchev–Trinajstić information content (AvgIpc) is 2.89. The molecule has 0 bridgehead atoms. The summed E-state index contributed by atoms with van der Waals surface area (Å²) in [6.45, 7) is 0.964. The maximum atomic E-state index is 13.6. The van der Waals surface area contributed by atoms with Crippen LogP contribution in [-0.4, -0.2) is 23.3 Å². The molecule has 0 aliphatic heterocycles. The van der Waals surface area contributed by atoms with Gasteiger partial charge in [-0.25, -0.2) is 22.5 Å². The van der Waals surface area contributed by atoms with Gasteiger partial charge in [-0.1, -0.05) is 0 Å². The van der Waals surface area contributed by atoms with Crippen LogP contribution in [0.3, 0.4) is 0 Å². The number of rotatable bonds is 6. The molecule has 0 unspecified atom stereocenters. The Bertz CT molecular complexity index is 604. The predicted molar refractivity (Wildman–Crippen MR) is 68.3 cm³/mol. The molecule has 1 N–H and O–H groups in total. The van der Waals surface area contributed by atoms with Gasteiger partial charge in [-0.05, 0) is 6.42 Å². The molecule has 0 spiro atoms. The Balaban J connectivity index is 2.25. The monoisotopic (exact) mass is 303 g/mol. The second-order valence-corrected chi connectivity index (χ2v) is 4.26. The van der Waals surface area contributed by atoms with Crippen molar-refractivity contribution in [2.75, 3.05) is 19.0 Å². The Morgan fingerprint density at radius 2 is 1.86 bits per heavy atom. The molecule has 1 heterocycles. The van der Waals surface area contributed by atoms with E-state index < -0.39 is 29.0 Å². The molecule has 0 atom stereocenters. The summed E-state index contributed by atoms with van der Waals surface area (Å²) in [5.74, 6) is -5.88. The van der Waals surface area contributed by atoms with E-state index in [2.05, 4.69) is 10.3 Å². The average molecular weight is 303 g/mol. The second kappa shape index (κ2) is 6.57. The maximum absolute atomic E-state index is 13.6. The van der Waals surface area contributed by atoms with Crippen molar-refractivity contribution in [1.29, 1.82) is 0 Å². The van der Waals surface area contributed by atoms with E-state index in [1.165, 1.54) is 6.20 Å². The Kier molecular flexibility index (Phi) is 4.79. The summed E-state index contributed by atoms with van der Waals surface area (Å²) in [5.41, 5.74) is -0.910. The van der Waals surface area contributed by atoms with E-state index in [4.69, 9.17) is 4.74 Å². The molecule has 0 amide bonds. The number of halogens is 4. The van der Waals surface area contributed by atoms with E-state index in [-0.39, 0.29) is 12.0 Å². The zero-order valence-electron chi connectivity index (χ0n) is 11.2. The van der Waals surface area contributed by atoms with Crippen molar-refractivity contribution >= 4 is 11.6 Å². The molecule has 8 heteroatoms. The quantitative estimate of drug-likeness (QED) is 0.506. The minimum atomic E-state index is -1.50. The van der Waals surface area contributed by atoms with Gasteiger partial charge < -0.3 is 14.6 Å². The molecule has 1 aromatic heterocycles. The maximum Gasteiger partial charge on any atom is 0.207 e. The Morgan fingerprint density at radius 3 is 2.48 bits per heavy atom. The first-order valence-corrected chi connectivity index (χ1v) is 6.14. The molecule has 0 radical (unpaired) electrons. The number of ether oxygens (including phenoxy) is 1. The van der Waals surface area contributed by atoms with Gasteiger partial charge in [0.1, 0.15) is 5.69 Å². The van der Waals surface area contributed by atoms with Crippen LogP contribution in [0.5, 0.6) is 0 Å². The topological polar surface area (TPSA) is 39.1 Å². The van der Waals surface area contributed by atoms with Gasteiger partial charge in [-0.2, -0.15) is 0 Å². The van der Waals surface area contributed by atoms with Gasteiger partial charge in [-0.15, -0.1) is 0 Å². The summed E-state index contributed by atoms with van der Waals surface area (Å²) >= 11 is 0. The molecule has 0 aliphatic carbocycles. The van der Waals surface area contributed by atoms with Crippen molar-refractivity contribution in [2.24, 2.45) is 0 Å². The molecule has 21 heavy (non-hydrogen) atoms. The molecule has 1 aromatic carbocycles. The van der Waals surface area contributed by atoms with Crippen molar-refractivity contribution in [3.63, 3.8) is 0 Å². The molecular weight excluding hydrogens is 290 g/mol. The Labute approximate surface area is 118 Å². The lowest BCUT2D eigenvalue weighted by Crippen LogP contribution is -2.09. The third kappa shape index (κ3) is 3.33. The molecule has 0 saturated carbocycles. The van der Waals surface area contributed by atoms with Crippen LogP contribution in [0.4, 0.5) is 29.2 Å².